The Hall–Kier alpha value is -3.21. The third kappa shape index (κ3) is 5.72. The largest absolute Gasteiger partial charge is 0.481 e. The maximum absolute atomic E-state index is 13.9. The minimum absolute atomic E-state index is 0.142. The minimum atomic E-state index is -4.01. The molecule has 0 saturated heterocycles. The first-order valence-electron chi connectivity index (χ1n) is 9.04. The third-order valence-electron chi connectivity index (χ3n) is 4.29. The van der Waals surface area contributed by atoms with Crippen LogP contribution in [0.3, 0.4) is 0 Å². The van der Waals surface area contributed by atoms with Gasteiger partial charge in [0.15, 0.2) is 6.61 Å². The van der Waals surface area contributed by atoms with E-state index in [4.69, 9.17) is 27.2 Å². The predicted molar refractivity (Wildman–Crippen MR) is 115 cm³/mol. The molecule has 0 amide bonds. The van der Waals surface area contributed by atoms with E-state index in [1.807, 2.05) is 0 Å². The van der Waals surface area contributed by atoms with Crippen molar-refractivity contribution in [1.82, 2.24) is 4.72 Å². The van der Waals surface area contributed by atoms with Gasteiger partial charge in [-0.25, -0.2) is 26.7 Å². The smallest absolute Gasteiger partial charge is 0.341 e. The molecule has 0 unspecified atom stereocenters. The van der Waals surface area contributed by atoms with E-state index >= 15 is 0 Å². The fourth-order valence-electron chi connectivity index (χ4n) is 2.85. The molecule has 11 heteroatoms. The van der Waals surface area contributed by atoms with Gasteiger partial charge in [0, 0.05) is 17.8 Å². The molecule has 0 saturated carbocycles. The molecule has 0 aliphatic carbocycles. The molecule has 0 aromatic heterocycles. The normalized spacial score (nSPS) is 11.3. The Bertz CT molecular complexity index is 1260. The van der Waals surface area contributed by atoms with Gasteiger partial charge in [0.25, 0.3) is 0 Å². The van der Waals surface area contributed by atoms with Crippen molar-refractivity contribution in [1.29, 1.82) is 0 Å². The monoisotopic (exact) mass is 482 g/mol. The molecule has 3 aromatic carbocycles. The molecular weight excluding hydrogens is 466 g/mol. The number of sulfonamides is 1. The second-order valence-corrected chi connectivity index (χ2v) is 8.86. The zero-order chi connectivity index (χ0) is 23.5. The van der Waals surface area contributed by atoms with Crippen LogP contribution in [0.2, 0.25) is 5.02 Å². The number of rotatable bonds is 8. The second kappa shape index (κ2) is 9.51. The van der Waals surface area contributed by atoms with Crippen molar-refractivity contribution >= 4 is 33.3 Å². The Morgan fingerprint density at radius 2 is 1.84 bits per heavy atom. The van der Waals surface area contributed by atoms with Gasteiger partial charge in [-0.3, -0.25) is 0 Å². The fourth-order valence-corrected chi connectivity index (χ4v) is 4.14. The quantitative estimate of drug-likeness (QED) is 0.420. The summed E-state index contributed by atoms with van der Waals surface area (Å²) in [4.78, 5) is 10.7. The standard InChI is InChI=1S/C21H17ClF2N2O5S/c22-18-9-16(2-3-19(18)24)32(29,30)26-10-12-1-4-20(31-11-21(27)28)17(5-12)13-6-14(23)8-15(25)7-13/h1-9,26H,10-11,25H2,(H,27,28). The summed E-state index contributed by atoms with van der Waals surface area (Å²) < 4.78 is 59.8. The first-order valence-corrected chi connectivity index (χ1v) is 10.9. The Labute approximate surface area is 187 Å². The zero-order valence-electron chi connectivity index (χ0n) is 16.3. The number of nitrogen functional groups attached to an aromatic ring is 1. The first-order chi connectivity index (χ1) is 15.0. The number of carboxylic acids is 1. The van der Waals surface area contributed by atoms with Crippen LogP contribution in [0.5, 0.6) is 5.75 Å². The van der Waals surface area contributed by atoms with E-state index in [0.717, 1.165) is 24.3 Å². The van der Waals surface area contributed by atoms with Crippen LogP contribution in [0.25, 0.3) is 11.1 Å². The van der Waals surface area contributed by atoms with Crippen LogP contribution in [0.4, 0.5) is 14.5 Å². The lowest BCUT2D eigenvalue weighted by Crippen LogP contribution is -2.23. The summed E-state index contributed by atoms with van der Waals surface area (Å²) in [6.07, 6.45) is 0. The highest BCUT2D eigenvalue weighted by atomic mass is 35.5. The predicted octanol–water partition coefficient (Wildman–Crippen LogP) is 3.81. The Morgan fingerprint density at radius 3 is 2.50 bits per heavy atom. The highest BCUT2D eigenvalue weighted by Crippen LogP contribution is 2.33. The summed E-state index contributed by atoms with van der Waals surface area (Å²) in [5.41, 5.74) is 6.94. The van der Waals surface area contributed by atoms with Gasteiger partial charge in [-0.1, -0.05) is 17.7 Å². The number of nitrogens with two attached hydrogens (primary N) is 1. The SMILES string of the molecule is Nc1cc(F)cc(-c2cc(CNS(=O)(=O)c3ccc(F)c(Cl)c3)ccc2OCC(=O)O)c1. The van der Waals surface area contributed by atoms with Crippen molar-refractivity contribution in [2.24, 2.45) is 0 Å². The Kier molecular flexibility index (Phi) is 6.97. The molecule has 0 spiro atoms. The number of nitrogens with one attached hydrogen (secondary N) is 1. The Morgan fingerprint density at radius 1 is 1.09 bits per heavy atom. The van der Waals surface area contributed by atoms with Crippen molar-refractivity contribution in [2.45, 2.75) is 11.4 Å². The molecule has 0 fully saturated rings. The number of aliphatic carboxylic acids is 1. The first kappa shape index (κ1) is 23.5. The van der Waals surface area contributed by atoms with Gasteiger partial charge in [-0.15, -0.1) is 0 Å². The molecule has 0 aliphatic heterocycles. The molecule has 168 valence electrons. The molecule has 4 N–H and O–H groups in total. The number of halogens is 3. The van der Waals surface area contributed by atoms with Gasteiger partial charge in [-0.05, 0) is 59.7 Å². The number of anilines is 1. The van der Waals surface area contributed by atoms with E-state index in [-0.39, 0.29) is 27.9 Å². The fraction of sp³-hybridized carbons (Fsp3) is 0.0952. The van der Waals surface area contributed by atoms with E-state index < -0.39 is 34.2 Å². The summed E-state index contributed by atoms with van der Waals surface area (Å²) in [5.74, 6) is -2.41. The van der Waals surface area contributed by atoms with Gasteiger partial charge in [-0.2, -0.15) is 0 Å². The molecule has 0 atom stereocenters. The molecule has 7 nitrogen and oxygen atoms in total. The van der Waals surface area contributed by atoms with Crippen LogP contribution in [0.1, 0.15) is 5.56 Å². The molecule has 0 heterocycles. The summed E-state index contributed by atoms with van der Waals surface area (Å²) >= 11 is 5.66. The highest BCUT2D eigenvalue weighted by Gasteiger charge is 2.17. The van der Waals surface area contributed by atoms with Crippen LogP contribution < -0.4 is 15.2 Å². The molecule has 0 radical (unpaired) electrons. The number of hydrogen-bond acceptors (Lipinski definition) is 5. The maximum atomic E-state index is 13.9. The van der Waals surface area contributed by atoms with Crippen molar-refractivity contribution in [3.05, 3.63) is 76.8 Å². The minimum Gasteiger partial charge on any atom is -0.481 e. The summed E-state index contributed by atoms with van der Waals surface area (Å²) in [7, 11) is -4.01. The molecular formula is C21H17ClF2N2O5S. The molecule has 32 heavy (non-hydrogen) atoms. The molecule has 0 aliphatic rings. The summed E-state index contributed by atoms with van der Waals surface area (Å²) in [5, 5.41) is 8.55. The lowest BCUT2D eigenvalue weighted by atomic mass is 10.0. The van der Waals surface area contributed by atoms with E-state index in [0.29, 0.717) is 16.7 Å². The van der Waals surface area contributed by atoms with E-state index in [1.165, 1.54) is 30.3 Å². The van der Waals surface area contributed by atoms with E-state index in [9.17, 15) is 22.0 Å². The van der Waals surface area contributed by atoms with Crippen LogP contribution in [-0.4, -0.2) is 26.1 Å². The number of carbonyl (C=O) groups is 1. The van der Waals surface area contributed by atoms with Gasteiger partial charge in [0.1, 0.15) is 17.4 Å². The van der Waals surface area contributed by atoms with Crippen LogP contribution in [0.15, 0.2) is 59.5 Å². The Balaban J connectivity index is 1.91. The lowest BCUT2D eigenvalue weighted by molar-refractivity contribution is -0.139. The maximum Gasteiger partial charge on any atom is 0.341 e. The van der Waals surface area contributed by atoms with E-state index in [1.54, 1.807) is 0 Å². The van der Waals surface area contributed by atoms with Crippen LogP contribution >= 0.6 is 11.6 Å². The molecule has 3 aromatic rings. The van der Waals surface area contributed by atoms with Gasteiger partial charge < -0.3 is 15.6 Å². The van der Waals surface area contributed by atoms with Crippen LogP contribution in [-0.2, 0) is 21.4 Å². The van der Waals surface area contributed by atoms with Gasteiger partial charge >= 0.3 is 5.97 Å². The zero-order valence-corrected chi connectivity index (χ0v) is 17.9. The number of hydrogen-bond donors (Lipinski definition) is 3. The van der Waals surface area contributed by atoms with Gasteiger partial charge in [0.05, 0.1) is 9.92 Å². The topological polar surface area (TPSA) is 119 Å². The van der Waals surface area contributed by atoms with Crippen molar-refractivity contribution in [2.75, 3.05) is 12.3 Å². The third-order valence-corrected chi connectivity index (χ3v) is 5.98. The summed E-state index contributed by atoms with van der Waals surface area (Å²) in [6.45, 7) is -0.802. The number of benzene rings is 3. The van der Waals surface area contributed by atoms with Crippen molar-refractivity contribution in [3.63, 3.8) is 0 Å². The van der Waals surface area contributed by atoms with Crippen molar-refractivity contribution < 1.29 is 31.8 Å². The highest BCUT2D eigenvalue weighted by molar-refractivity contribution is 7.89. The summed E-state index contributed by atoms with van der Waals surface area (Å²) in [6, 6.07) is 11.3. The van der Waals surface area contributed by atoms with Gasteiger partial charge in [0.2, 0.25) is 10.0 Å². The molecule has 0 bridgehead atoms. The number of ether oxygens (including phenoxy) is 1. The lowest BCUT2D eigenvalue weighted by Gasteiger charge is -2.14. The van der Waals surface area contributed by atoms with E-state index in [2.05, 4.69) is 4.72 Å². The van der Waals surface area contributed by atoms with Crippen LogP contribution in [0, 0.1) is 11.6 Å². The average Bonchev–Trinajstić information content (AvgIpc) is 2.72. The second-order valence-electron chi connectivity index (χ2n) is 6.69. The molecule has 3 rings (SSSR count). The average molecular weight is 483 g/mol. The van der Waals surface area contributed by atoms with Crippen molar-refractivity contribution in [3.8, 4) is 16.9 Å². The number of carboxylic acid groups (broad SMARTS) is 1.